The normalized spacial score (nSPS) is 21.9. The van der Waals surface area contributed by atoms with Crippen LogP contribution >= 0.6 is 23.4 Å². The maximum Gasteiger partial charge on any atom is 0.324 e. The van der Waals surface area contributed by atoms with Gasteiger partial charge in [-0.3, -0.25) is 14.5 Å². The largest absolute Gasteiger partial charge is 0.480 e. The van der Waals surface area contributed by atoms with Crippen molar-refractivity contribution in [2.24, 2.45) is 5.73 Å². The number of amides is 1. The first kappa shape index (κ1) is 19.1. The number of carboxylic acid groups (broad SMARTS) is 1. The number of fused-ring (bicyclic) bond motifs is 1. The van der Waals surface area contributed by atoms with E-state index in [-0.39, 0.29) is 17.2 Å². The lowest BCUT2D eigenvalue weighted by Crippen LogP contribution is -2.70. The summed E-state index contributed by atoms with van der Waals surface area (Å²) in [7, 11) is 0. The van der Waals surface area contributed by atoms with E-state index >= 15 is 0 Å². The Labute approximate surface area is 172 Å². The monoisotopic (exact) mass is 414 g/mol. The zero-order valence-corrected chi connectivity index (χ0v) is 16.5. The summed E-state index contributed by atoms with van der Waals surface area (Å²) in [5.41, 5.74) is 6.77. The molecule has 2 aromatic carbocycles. The molecule has 1 unspecified atom stereocenters. The molecule has 3 N–H and O–H groups in total. The van der Waals surface area contributed by atoms with Crippen molar-refractivity contribution in [3.63, 3.8) is 0 Å². The first-order valence-electron chi connectivity index (χ1n) is 8.86. The first-order valence-corrected chi connectivity index (χ1v) is 10.4. The van der Waals surface area contributed by atoms with Gasteiger partial charge in [-0.2, -0.15) is 0 Å². The van der Waals surface area contributed by atoms with Crippen molar-refractivity contribution in [1.82, 2.24) is 4.90 Å². The molecular formula is C21H19ClN2O3S. The number of hydrogen-bond acceptors (Lipinski definition) is 4. The number of thioether (sulfide) groups is 1. The number of nitrogens with two attached hydrogens (primary N) is 1. The molecule has 1 saturated heterocycles. The minimum absolute atomic E-state index is 0.142. The molecule has 2 aliphatic rings. The zero-order valence-electron chi connectivity index (χ0n) is 14.9. The van der Waals surface area contributed by atoms with Gasteiger partial charge in [0.25, 0.3) is 0 Å². The minimum Gasteiger partial charge on any atom is -0.480 e. The second kappa shape index (κ2) is 7.28. The molecule has 5 nitrogen and oxygen atoms in total. The number of alkyl halides is 1. The van der Waals surface area contributed by atoms with Gasteiger partial charge in [-0.05, 0) is 16.7 Å². The van der Waals surface area contributed by atoms with Crippen LogP contribution in [-0.2, 0) is 15.0 Å². The van der Waals surface area contributed by atoms with Crippen LogP contribution < -0.4 is 5.73 Å². The lowest BCUT2D eigenvalue weighted by atomic mass is 9.69. The average molecular weight is 415 g/mol. The van der Waals surface area contributed by atoms with Crippen LogP contribution in [0.25, 0.3) is 0 Å². The summed E-state index contributed by atoms with van der Waals surface area (Å²) >= 11 is 7.77. The molecule has 1 amide bonds. The van der Waals surface area contributed by atoms with Gasteiger partial charge in [0.2, 0.25) is 5.91 Å². The summed E-state index contributed by atoms with van der Waals surface area (Å²) in [6, 6.07) is 17.4. The Hall–Kier alpha value is -2.28. The van der Waals surface area contributed by atoms with E-state index in [0.717, 1.165) is 5.57 Å². The number of benzene rings is 2. The van der Waals surface area contributed by atoms with Gasteiger partial charge in [0, 0.05) is 17.3 Å². The second-order valence-electron chi connectivity index (χ2n) is 6.81. The molecule has 0 radical (unpaired) electrons. The van der Waals surface area contributed by atoms with Crippen LogP contribution in [0.3, 0.4) is 0 Å². The van der Waals surface area contributed by atoms with Gasteiger partial charge in [0.1, 0.15) is 11.4 Å². The highest BCUT2D eigenvalue weighted by molar-refractivity contribution is 8.00. The fourth-order valence-corrected chi connectivity index (χ4v) is 5.67. The van der Waals surface area contributed by atoms with Crippen molar-refractivity contribution in [3.8, 4) is 0 Å². The van der Waals surface area contributed by atoms with Crippen LogP contribution in [0.15, 0.2) is 71.9 Å². The molecule has 0 bridgehead atoms. The molecular weight excluding hydrogens is 396 g/mol. The molecule has 7 heteroatoms. The van der Waals surface area contributed by atoms with E-state index in [9.17, 15) is 14.7 Å². The molecule has 144 valence electrons. The number of nitrogens with zero attached hydrogens (tertiary/aromatic N) is 1. The smallest absolute Gasteiger partial charge is 0.324 e. The number of rotatable bonds is 5. The van der Waals surface area contributed by atoms with Crippen molar-refractivity contribution < 1.29 is 14.7 Å². The van der Waals surface area contributed by atoms with E-state index in [0.29, 0.717) is 22.6 Å². The van der Waals surface area contributed by atoms with E-state index in [4.69, 9.17) is 17.3 Å². The van der Waals surface area contributed by atoms with Gasteiger partial charge >= 0.3 is 5.97 Å². The third-order valence-corrected chi connectivity index (χ3v) is 7.02. The Bertz CT molecular complexity index is 909. The number of β-lactam (4-membered cyclic amide) rings is 1. The Balaban J connectivity index is 2.07. The maximum atomic E-state index is 13.0. The highest BCUT2D eigenvalue weighted by Gasteiger charge is 2.58. The summed E-state index contributed by atoms with van der Waals surface area (Å²) < 4.78 is 0. The minimum atomic E-state index is -1.55. The third kappa shape index (κ3) is 2.59. The van der Waals surface area contributed by atoms with E-state index in [1.165, 1.54) is 11.8 Å². The van der Waals surface area contributed by atoms with Crippen LogP contribution in [-0.4, -0.2) is 44.9 Å². The van der Waals surface area contributed by atoms with Crippen LogP contribution in [0.5, 0.6) is 0 Å². The quantitative estimate of drug-likeness (QED) is 0.580. The number of aliphatic carboxylic acids is 1. The van der Waals surface area contributed by atoms with Crippen molar-refractivity contribution >= 4 is 35.2 Å². The molecule has 0 aromatic heterocycles. The average Bonchev–Trinajstić information content (AvgIpc) is 2.74. The predicted molar refractivity (Wildman–Crippen MR) is 110 cm³/mol. The fourth-order valence-electron chi connectivity index (χ4n) is 4.04. The Kier molecular flexibility index (Phi) is 4.95. The Morgan fingerprint density at radius 2 is 1.68 bits per heavy atom. The van der Waals surface area contributed by atoms with E-state index < -0.39 is 17.4 Å². The van der Waals surface area contributed by atoms with E-state index in [1.54, 1.807) is 53.4 Å². The lowest BCUT2D eigenvalue weighted by molar-refractivity contribution is -0.146. The first-order chi connectivity index (χ1) is 13.5. The summed E-state index contributed by atoms with van der Waals surface area (Å²) in [5, 5.41) is 10.3. The highest BCUT2D eigenvalue weighted by Crippen LogP contribution is 2.50. The van der Waals surface area contributed by atoms with E-state index in [2.05, 4.69) is 0 Å². The number of hydrogen-bond donors (Lipinski definition) is 2. The molecule has 2 heterocycles. The topological polar surface area (TPSA) is 83.6 Å². The van der Waals surface area contributed by atoms with Crippen molar-refractivity contribution in [2.45, 2.75) is 16.8 Å². The molecule has 0 saturated carbocycles. The number of carboxylic acids is 1. The Morgan fingerprint density at radius 3 is 2.14 bits per heavy atom. The summed E-state index contributed by atoms with van der Waals surface area (Å²) in [6.07, 6.45) is 0. The molecule has 28 heavy (non-hydrogen) atoms. The van der Waals surface area contributed by atoms with Crippen LogP contribution in [0.4, 0.5) is 0 Å². The SMILES string of the molecule is N[C@@H]1C(=O)N2C(C(C(=O)O)(c3ccccc3)c3ccccc3)=C(CCl)CSC12. The number of halogens is 1. The van der Waals surface area contributed by atoms with Crippen molar-refractivity contribution in [3.05, 3.63) is 83.1 Å². The zero-order chi connectivity index (χ0) is 19.9. The Morgan fingerprint density at radius 1 is 1.14 bits per heavy atom. The van der Waals surface area contributed by atoms with Crippen LogP contribution in [0, 0.1) is 0 Å². The van der Waals surface area contributed by atoms with Gasteiger partial charge in [0.05, 0.1) is 0 Å². The number of carbonyl (C=O) groups excluding carboxylic acids is 1. The maximum absolute atomic E-state index is 13.0. The standard InChI is InChI=1S/C21H19ClN2O3S/c22-11-13-12-28-19-16(23)18(25)24(19)17(13)21(20(26)27,14-7-3-1-4-8-14)15-9-5-2-6-10-15/h1-10,16,19H,11-12,23H2,(H,26,27)/t16-,19?/m1/s1. The molecule has 0 aliphatic carbocycles. The molecule has 2 aromatic rings. The molecule has 2 atom stereocenters. The van der Waals surface area contributed by atoms with Gasteiger partial charge in [-0.25, -0.2) is 0 Å². The fraction of sp³-hybridized carbons (Fsp3) is 0.238. The van der Waals surface area contributed by atoms with Crippen LogP contribution in [0.2, 0.25) is 0 Å². The van der Waals surface area contributed by atoms with Gasteiger partial charge < -0.3 is 10.8 Å². The summed E-state index contributed by atoms with van der Waals surface area (Å²) in [4.78, 5) is 27.3. The summed E-state index contributed by atoms with van der Waals surface area (Å²) in [5.74, 6) is -0.646. The molecule has 2 aliphatic heterocycles. The van der Waals surface area contributed by atoms with Gasteiger partial charge in [-0.1, -0.05) is 60.7 Å². The van der Waals surface area contributed by atoms with Crippen molar-refractivity contribution in [2.75, 3.05) is 11.6 Å². The van der Waals surface area contributed by atoms with Crippen molar-refractivity contribution in [1.29, 1.82) is 0 Å². The van der Waals surface area contributed by atoms with E-state index in [1.807, 2.05) is 12.1 Å². The molecule has 1 fully saturated rings. The second-order valence-corrected chi connectivity index (χ2v) is 8.18. The lowest BCUT2D eigenvalue weighted by Gasteiger charge is -2.53. The van der Waals surface area contributed by atoms with Gasteiger partial charge in [-0.15, -0.1) is 23.4 Å². The number of carbonyl (C=O) groups is 2. The molecule has 4 rings (SSSR count). The third-order valence-electron chi connectivity index (χ3n) is 5.34. The van der Waals surface area contributed by atoms with Crippen LogP contribution in [0.1, 0.15) is 11.1 Å². The predicted octanol–water partition coefficient (Wildman–Crippen LogP) is 2.79. The highest BCUT2D eigenvalue weighted by atomic mass is 35.5. The molecule has 0 spiro atoms. The summed E-state index contributed by atoms with van der Waals surface area (Å²) in [6.45, 7) is 0. The van der Waals surface area contributed by atoms with Gasteiger partial charge in [0.15, 0.2) is 5.41 Å².